The van der Waals surface area contributed by atoms with E-state index in [9.17, 15) is 19.8 Å². The molecule has 3 aliphatic rings. The van der Waals surface area contributed by atoms with Crippen molar-refractivity contribution in [3.05, 3.63) is 34.1 Å². The molecule has 0 saturated heterocycles. The second-order valence-corrected chi connectivity index (χ2v) is 18.0. The number of carbonyl (C=O) groups is 2. The zero-order chi connectivity index (χ0) is 27.1. The predicted molar refractivity (Wildman–Crippen MR) is 142 cm³/mol. The van der Waals surface area contributed by atoms with Crippen LogP contribution in [0.2, 0.25) is 18.1 Å². The van der Waals surface area contributed by atoms with Crippen molar-refractivity contribution in [2.24, 2.45) is 39.6 Å². The topological polar surface area (TPSA) is 133 Å². The van der Waals surface area contributed by atoms with Gasteiger partial charge in [0.05, 0.1) is 12.5 Å². The van der Waals surface area contributed by atoms with E-state index >= 15 is 0 Å². The van der Waals surface area contributed by atoms with Crippen LogP contribution in [0.3, 0.4) is 0 Å². The van der Waals surface area contributed by atoms with Crippen molar-refractivity contribution >= 4 is 19.9 Å². The summed E-state index contributed by atoms with van der Waals surface area (Å²) in [5.41, 5.74) is 9.03. The normalized spacial score (nSPS) is 37.8. The van der Waals surface area contributed by atoms with E-state index in [0.717, 1.165) is 18.9 Å². The molecule has 0 aromatic carbocycles. The van der Waals surface area contributed by atoms with Gasteiger partial charge in [-0.2, -0.15) is 0 Å². The predicted octanol–water partition coefficient (Wildman–Crippen LogP) is 6.81. The number of aliphatic hydroxyl groups excluding tert-OH is 2. The Morgan fingerprint density at radius 1 is 1.14 bits per heavy atom. The van der Waals surface area contributed by atoms with Gasteiger partial charge < -0.3 is 14.6 Å². The Bertz CT molecular complexity index is 1010. The molecule has 200 valence electrons. The number of allylic oxidation sites excluding steroid dienone is 2. The number of aliphatic hydroxyl groups is 2. The Morgan fingerprint density at radius 3 is 2.33 bits per heavy atom. The molecule has 36 heavy (non-hydrogen) atoms. The molecule has 0 unspecified atom stereocenters. The van der Waals surface area contributed by atoms with E-state index in [0.29, 0.717) is 43.4 Å². The second-order valence-electron chi connectivity index (χ2n) is 13.2. The maximum Gasteiger partial charge on any atom is 0.191 e. The average molecular weight is 518 g/mol. The molecule has 0 aromatic heterocycles. The first kappa shape index (κ1) is 28.5. The lowest BCUT2D eigenvalue weighted by molar-refractivity contribution is -0.133. The van der Waals surface area contributed by atoms with Gasteiger partial charge >= 0.3 is 0 Å². The fourth-order valence-corrected chi connectivity index (χ4v) is 7.90. The van der Waals surface area contributed by atoms with Crippen molar-refractivity contribution in [2.75, 3.05) is 13.2 Å². The Morgan fingerprint density at radius 2 is 1.78 bits per heavy atom. The van der Waals surface area contributed by atoms with Gasteiger partial charge in [-0.3, -0.25) is 9.59 Å². The zero-order valence-corrected chi connectivity index (χ0v) is 23.9. The molecule has 0 bridgehead atoms. The first-order chi connectivity index (χ1) is 16.7. The minimum Gasteiger partial charge on any atom is -0.515 e. The summed E-state index contributed by atoms with van der Waals surface area (Å²) in [6.07, 6.45) is 4.47. The van der Waals surface area contributed by atoms with Crippen LogP contribution in [0.4, 0.5) is 0 Å². The van der Waals surface area contributed by atoms with Crippen LogP contribution < -0.4 is 0 Å². The van der Waals surface area contributed by atoms with E-state index in [1.165, 1.54) is 0 Å². The monoisotopic (exact) mass is 517 g/mol. The van der Waals surface area contributed by atoms with Gasteiger partial charge in [-0.25, -0.2) is 0 Å². The van der Waals surface area contributed by atoms with Crippen LogP contribution in [0, 0.1) is 34.5 Å². The minimum absolute atomic E-state index is 0.0166. The van der Waals surface area contributed by atoms with Gasteiger partial charge in [0.15, 0.2) is 19.9 Å². The first-order valence-corrected chi connectivity index (χ1v) is 16.0. The fraction of sp³-hybridized carbons (Fsp3) is 0.778. The lowest BCUT2D eigenvalue weighted by Crippen LogP contribution is -2.53. The maximum atomic E-state index is 13.2. The minimum atomic E-state index is -2.06. The summed E-state index contributed by atoms with van der Waals surface area (Å²) < 4.78 is 6.64. The van der Waals surface area contributed by atoms with Gasteiger partial charge in [0.25, 0.3) is 0 Å². The van der Waals surface area contributed by atoms with E-state index in [4.69, 9.17) is 9.96 Å². The molecular weight excluding hydrogens is 474 g/mol. The number of rotatable bonds is 6. The molecular formula is C27H43N3O5Si. The number of nitrogens with zero attached hydrogens (tertiary/aromatic N) is 3. The summed E-state index contributed by atoms with van der Waals surface area (Å²) in [7, 11) is -2.06. The van der Waals surface area contributed by atoms with Crippen molar-refractivity contribution in [1.29, 1.82) is 0 Å². The van der Waals surface area contributed by atoms with Crippen LogP contribution in [0.25, 0.3) is 10.4 Å². The standard InChI is InChI=1S/C27H43N3O5Si/c1-25(2,3)36(6,7)35-16-19-11-23(33)18(15-32)12-27(19,5)21-8-9-26(4)22(20(21)13-29-30-28)10-17(14-31)24(26)34/h14-15,19-22,31-32H,8-13,16H2,1-7H3/t19-,20-,21+,22+,26+,27+/m1/s1. The highest BCUT2D eigenvalue weighted by atomic mass is 28.4. The number of ketones is 2. The fourth-order valence-electron chi connectivity index (χ4n) is 6.85. The number of Topliss-reactive ketones (excluding diaryl/α,β-unsaturated/α-hetero) is 2. The lowest BCUT2D eigenvalue weighted by atomic mass is 9.49. The highest BCUT2D eigenvalue weighted by Gasteiger charge is 2.60. The first-order valence-electron chi connectivity index (χ1n) is 13.1. The van der Waals surface area contributed by atoms with Crippen LogP contribution in [0.5, 0.6) is 0 Å². The highest BCUT2D eigenvalue weighted by Crippen LogP contribution is 2.62. The summed E-state index contributed by atoms with van der Waals surface area (Å²) in [6.45, 7) is 15.9. The summed E-state index contributed by atoms with van der Waals surface area (Å²) in [5, 5.41) is 23.6. The third-order valence-electron chi connectivity index (χ3n) is 10.3. The molecule has 3 aliphatic carbocycles. The van der Waals surface area contributed by atoms with Crippen LogP contribution in [-0.2, 0) is 14.0 Å². The number of hydrogen-bond acceptors (Lipinski definition) is 6. The van der Waals surface area contributed by atoms with Crippen LogP contribution >= 0.6 is 0 Å². The van der Waals surface area contributed by atoms with Gasteiger partial charge in [0, 0.05) is 41.0 Å². The molecule has 0 radical (unpaired) electrons. The molecule has 0 spiro atoms. The summed E-state index contributed by atoms with van der Waals surface area (Å²) in [6, 6.07) is 0. The molecule has 0 heterocycles. The van der Waals surface area contributed by atoms with Crippen molar-refractivity contribution in [3.8, 4) is 0 Å². The highest BCUT2D eigenvalue weighted by molar-refractivity contribution is 6.74. The lowest BCUT2D eigenvalue weighted by Gasteiger charge is -2.55. The maximum absolute atomic E-state index is 13.2. The van der Waals surface area contributed by atoms with Crippen molar-refractivity contribution in [1.82, 2.24) is 0 Å². The Balaban J connectivity index is 2.03. The molecule has 0 aliphatic heterocycles. The Hall–Kier alpha value is -2.09. The van der Waals surface area contributed by atoms with Gasteiger partial charge in [-0.15, -0.1) is 0 Å². The van der Waals surface area contributed by atoms with E-state index in [1.54, 1.807) is 0 Å². The molecule has 2 N–H and O–H groups in total. The summed E-state index contributed by atoms with van der Waals surface area (Å²) in [5.74, 6) is -0.219. The number of azide groups is 1. The molecule has 0 aromatic rings. The van der Waals surface area contributed by atoms with Crippen LogP contribution in [0.15, 0.2) is 28.8 Å². The van der Waals surface area contributed by atoms with Crippen LogP contribution in [-0.4, -0.2) is 43.2 Å². The van der Waals surface area contributed by atoms with Crippen molar-refractivity contribution in [3.63, 3.8) is 0 Å². The number of fused-ring (bicyclic) bond motifs is 1. The quantitative estimate of drug-likeness (QED) is 0.0997. The van der Waals surface area contributed by atoms with Gasteiger partial charge in [-0.05, 0) is 78.4 Å². The molecule has 8 nitrogen and oxygen atoms in total. The summed E-state index contributed by atoms with van der Waals surface area (Å²) >= 11 is 0. The second kappa shape index (κ2) is 9.99. The zero-order valence-electron chi connectivity index (χ0n) is 22.9. The van der Waals surface area contributed by atoms with Gasteiger partial charge in [0.1, 0.15) is 0 Å². The third-order valence-corrected chi connectivity index (χ3v) is 14.8. The van der Waals surface area contributed by atoms with Gasteiger partial charge in [0.2, 0.25) is 0 Å². The van der Waals surface area contributed by atoms with Gasteiger partial charge in [-0.1, -0.05) is 39.7 Å². The molecule has 3 rings (SSSR count). The Kier molecular flexibility index (Phi) is 7.90. The molecule has 9 heteroatoms. The van der Waals surface area contributed by atoms with Crippen LogP contribution in [0.1, 0.15) is 66.7 Å². The summed E-state index contributed by atoms with van der Waals surface area (Å²) in [4.78, 5) is 29.1. The van der Waals surface area contributed by atoms with E-state index in [1.807, 2.05) is 6.92 Å². The van der Waals surface area contributed by atoms with E-state index in [2.05, 4.69) is 50.8 Å². The molecule has 0 amide bonds. The molecule has 3 saturated carbocycles. The van der Waals surface area contributed by atoms with E-state index < -0.39 is 19.1 Å². The molecule has 6 atom stereocenters. The third kappa shape index (κ3) is 4.77. The van der Waals surface area contributed by atoms with E-state index in [-0.39, 0.29) is 46.8 Å². The number of hydrogen-bond donors (Lipinski definition) is 2. The largest absolute Gasteiger partial charge is 0.515 e. The smallest absolute Gasteiger partial charge is 0.191 e. The van der Waals surface area contributed by atoms with Crippen molar-refractivity contribution < 1.29 is 24.2 Å². The van der Waals surface area contributed by atoms with Crippen molar-refractivity contribution in [2.45, 2.75) is 84.9 Å². The molecule has 3 fully saturated rings. The SMILES string of the molecule is CC(C)(C)[Si](C)(C)OC[C@H]1CC(=O)C(=CO)C[C@]1(C)[C@H]1CC[C@]2(C)C(=O)C(=CO)C[C@H]2[C@@H]1CN=[N+]=[N-]. The average Bonchev–Trinajstić information content (AvgIpc) is 3.07. The Labute approximate surface area is 215 Å². The number of carbonyl (C=O) groups excluding carboxylic acids is 2.